The van der Waals surface area contributed by atoms with Crippen LogP contribution in [0.25, 0.3) is 0 Å². The molecule has 774 valence electrons. The Bertz CT molecular complexity index is 2870. The maximum Gasteiger partial charge on any atom is 0.338 e. The van der Waals surface area contributed by atoms with Crippen molar-refractivity contribution < 1.29 is 176 Å². The van der Waals surface area contributed by atoms with Gasteiger partial charge in [-0.25, -0.2) is 14.4 Å². The van der Waals surface area contributed by atoms with E-state index in [2.05, 4.69) is 14.7 Å². The Balaban J connectivity index is 3.63. The lowest BCUT2D eigenvalue weighted by Crippen LogP contribution is -2.31. The largest absolute Gasteiger partial charge is 0.481 e. The van der Waals surface area contributed by atoms with Crippen molar-refractivity contribution in [3.05, 3.63) is 34.9 Å². The van der Waals surface area contributed by atoms with Crippen LogP contribution in [0.3, 0.4) is 0 Å². The molecule has 0 saturated heterocycles. The standard InChI is InChI=1S/C90H153N9O36/c100-76(101)16-43-94(44-17-77(102)103)34-7-61-127-55-1-28-91(29-2-56-128-62-8-35-95(45-18-78(104)105)46-19-79(106)107)40-13-67-133-88(124)73-70-74(89(125)134-68-14-41-92(30-3-57-129-63-9-36-96(47-20-80(108)109)48-21-81(110)111)31-4-58-130-64-10-37-97(49-22-82(112)113)50-23-83(114)115)72-75(71-73)90(126)135-69-15-42-93(32-5-59-131-65-11-38-98(51-24-84(116)117)52-25-85(118)119)33-6-60-132-66-12-39-99(53-26-86(120)121)54-27-87(122)123/h70-72H,1-69H2,(H,100,101)(H,102,103)(H,104,105)(H,106,107)(H,108,109)(H,110,111)(H,112,113)(H,114,115)(H,116,117)(H,118,119)(H,120,121)(H,122,123). The molecule has 0 heterocycles. The smallest absolute Gasteiger partial charge is 0.338 e. The van der Waals surface area contributed by atoms with Crippen LogP contribution in [0, 0.1) is 0 Å². The van der Waals surface area contributed by atoms with Crippen molar-refractivity contribution >= 4 is 89.5 Å². The number of rotatable bonds is 99. The van der Waals surface area contributed by atoms with Gasteiger partial charge >= 0.3 is 89.5 Å². The molecule has 0 aliphatic carbocycles. The number of hydrogen-bond donors (Lipinski definition) is 12. The van der Waals surface area contributed by atoms with E-state index in [1.807, 2.05) is 0 Å². The fourth-order valence-corrected chi connectivity index (χ4v) is 13.9. The van der Waals surface area contributed by atoms with Crippen LogP contribution in [-0.2, 0) is 100 Å². The Kier molecular flexibility index (Phi) is 74.9. The second kappa shape index (κ2) is 81.8. The number of hydrogen-bond acceptors (Lipinski definition) is 33. The molecule has 1 rings (SSSR count). The van der Waals surface area contributed by atoms with Gasteiger partial charge in [-0.1, -0.05) is 0 Å². The third-order valence-electron chi connectivity index (χ3n) is 21.1. The Morgan fingerprint density at radius 2 is 0.252 bits per heavy atom. The number of carbonyl (C=O) groups is 15. The molecule has 0 radical (unpaired) electrons. The highest BCUT2D eigenvalue weighted by Gasteiger charge is 2.23. The lowest BCUT2D eigenvalue weighted by molar-refractivity contribution is -0.139. The molecule has 0 spiro atoms. The van der Waals surface area contributed by atoms with E-state index in [4.69, 9.17) is 42.6 Å². The quantitative estimate of drug-likeness (QED) is 0.0242. The molecule has 0 atom stereocenters. The van der Waals surface area contributed by atoms with Gasteiger partial charge in [0.2, 0.25) is 0 Å². The van der Waals surface area contributed by atoms with Crippen LogP contribution in [0.15, 0.2) is 18.2 Å². The summed E-state index contributed by atoms with van der Waals surface area (Å²) in [5, 5.41) is 111. The van der Waals surface area contributed by atoms with Crippen LogP contribution in [0.1, 0.15) is 204 Å². The summed E-state index contributed by atoms with van der Waals surface area (Å²) >= 11 is 0. The lowest BCUT2D eigenvalue weighted by Gasteiger charge is -2.23. The Labute approximate surface area is 790 Å². The first-order chi connectivity index (χ1) is 64.7. The minimum Gasteiger partial charge on any atom is -0.481 e. The monoisotopic (exact) mass is 1940 g/mol. The van der Waals surface area contributed by atoms with Crippen molar-refractivity contribution in [2.24, 2.45) is 0 Å². The molecule has 0 aliphatic heterocycles. The van der Waals surface area contributed by atoms with E-state index >= 15 is 0 Å². The Morgan fingerprint density at radius 3 is 0.356 bits per heavy atom. The molecule has 1 aromatic rings. The van der Waals surface area contributed by atoms with Gasteiger partial charge in [0.15, 0.2) is 0 Å². The summed E-state index contributed by atoms with van der Waals surface area (Å²) < 4.78 is 53.2. The number of esters is 3. The van der Waals surface area contributed by atoms with Gasteiger partial charge in [0.1, 0.15) is 0 Å². The zero-order valence-electron chi connectivity index (χ0n) is 78.7. The van der Waals surface area contributed by atoms with Gasteiger partial charge < -0.3 is 148 Å². The zero-order chi connectivity index (χ0) is 99.9. The third kappa shape index (κ3) is 77.4. The van der Waals surface area contributed by atoms with Gasteiger partial charge in [0.05, 0.1) is 114 Å². The number of carboxylic acids is 12. The highest BCUT2D eigenvalue weighted by Crippen LogP contribution is 2.18. The third-order valence-corrected chi connectivity index (χ3v) is 21.1. The molecule has 0 bridgehead atoms. The predicted molar refractivity (Wildman–Crippen MR) is 486 cm³/mol. The van der Waals surface area contributed by atoms with Crippen LogP contribution in [0.5, 0.6) is 0 Å². The van der Waals surface area contributed by atoms with Crippen molar-refractivity contribution in [3.63, 3.8) is 0 Å². The van der Waals surface area contributed by atoms with E-state index in [1.54, 1.807) is 29.4 Å². The van der Waals surface area contributed by atoms with Gasteiger partial charge in [-0.3, -0.25) is 57.5 Å². The van der Waals surface area contributed by atoms with E-state index < -0.39 is 89.5 Å². The van der Waals surface area contributed by atoms with Gasteiger partial charge in [-0.15, -0.1) is 0 Å². The normalized spacial score (nSPS) is 11.6. The summed E-state index contributed by atoms with van der Waals surface area (Å²) in [6.45, 7) is 12.7. The maximum absolute atomic E-state index is 14.3. The molecule has 0 fully saturated rings. The first-order valence-corrected chi connectivity index (χ1v) is 47.0. The van der Waals surface area contributed by atoms with Crippen molar-refractivity contribution in [1.29, 1.82) is 0 Å². The average Bonchev–Trinajstić information content (AvgIpc) is 0.824. The number of aliphatic carboxylic acids is 12. The fraction of sp³-hybridized carbons (Fsp3) is 0.767. The molecule has 45 heteroatoms. The summed E-state index contributed by atoms with van der Waals surface area (Å²) in [5.74, 6) is -14.7. The van der Waals surface area contributed by atoms with Crippen LogP contribution in [-0.4, -0.2) is 471 Å². The molecule has 0 aliphatic rings. The molecule has 0 aromatic heterocycles. The second-order valence-corrected chi connectivity index (χ2v) is 32.5. The number of carboxylic acid groups (broad SMARTS) is 12. The van der Waals surface area contributed by atoms with Crippen LogP contribution in [0.4, 0.5) is 0 Å². The molecule has 12 N–H and O–H groups in total. The summed E-state index contributed by atoms with van der Waals surface area (Å²) in [5.41, 5.74) is -0.507. The maximum atomic E-state index is 14.3. The van der Waals surface area contributed by atoms with Gasteiger partial charge in [0, 0.05) is 256 Å². The van der Waals surface area contributed by atoms with Crippen LogP contribution in [0.2, 0.25) is 0 Å². The van der Waals surface area contributed by atoms with Crippen LogP contribution >= 0.6 is 0 Å². The first-order valence-electron chi connectivity index (χ1n) is 47.0. The minimum absolute atomic E-state index is 0.118. The lowest BCUT2D eigenvalue weighted by atomic mass is 10.1. The molecule has 0 saturated carbocycles. The number of nitrogens with zero attached hydrogens (tertiary/aromatic N) is 9. The number of carbonyl (C=O) groups excluding carboxylic acids is 3. The summed E-state index contributed by atoms with van der Waals surface area (Å²) in [4.78, 5) is 195. The molecule has 0 amide bonds. The molecule has 135 heavy (non-hydrogen) atoms. The number of benzene rings is 1. The highest BCUT2D eigenvalue weighted by molar-refractivity contribution is 6.00. The van der Waals surface area contributed by atoms with Crippen molar-refractivity contribution in [2.45, 2.75) is 173 Å². The van der Waals surface area contributed by atoms with Gasteiger partial charge in [-0.2, -0.15) is 0 Å². The summed E-state index contributed by atoms with van der Waals surface area (Å²) in [6, 6.07) is 3.77. The van der Waals surface area contributed by atoms with E-state index in [9.17, 15) is 133 Å². The van der Waals surface area contributed by atoms with Crippen molar-refractivity contribution in [1.82, 2.24) is 44.1 Å². The van der Waals surface area contributed by atoms with E-state index in [1.165, 1.54) is 18.2 Å². The average molecular weight is 1940 g/mol. The Morgan fingerprint density at radius 1 is 0.156 bits per heavy atom. The van der Waals surface area contributed by atoms with Gasteiger partial charge in [0.25, 0.3) is 0 Å². The van der Waals surface area contributed by atoms with E-state index in [0.29, 0.717) is 274 Å². The van der Waals surface area contributed by atoms with Crippen LogP contribution < -0.4 is 0 Å². The molecule has 1 aromatic carbocycles. The van der Waals surface area contributed by atoms with E-state index in [-0.39, 0.29) is 192 Å². The fourth-order valence-electron chi connectivity index (χ4n) is 13.9. The van der Waals surface area contributed by atoms with Crippen molar-refractivity contribution in [2.75, 3.05) is 276 Å². The first kappa shape index (κ1) is 124. The molecular weight excluding hydrogens is 1780 g/mol. The zero-order valence-corrected chi connectivity index (χ0v) is 78.7. The summed E-state index contributed by atoms with van der Waals surface area (Å²) in [7, 11) is 0. The molecular formula is C90H153N9O36. The van der Waals surface area contributed by atoms with Crippen molar-refractivity contribution in [3.8, 4) is 0 Å². The Hall–Kier alpha value is -9.33. The van der Waals surface area contributed by atoms with Gasteiger partial charge in [-0.05, 0) is 115 Å². The summed E-state index contributed by atoms with van der Waals surface area (Å²) in [6.07, 6.45) is 5.59. The van der Waals surface area contributed by atoms with E-state index in [0.717, 1.165) is 0 Å². The molecule has 0 unspecified atom stereocenters. The highest BCUT2D eigenvalue weighted by atomic mass is 16.5. The second-order valence-electron chi connectivity index (χ2n) is 32.5. The molecule has 45 nitrogen and oxygen atoms in total. The SMILES string of the molecule is O=C(O)CCN(CCCOCCCN(CCCOCCCN(CCC(=O)O)CCC(=O)O)CCCOC(=O)c1cc(C(=O)OCCCN(CCCOCCCN(CCC(=O)O)CCC(=O)O)CCCOCCCN(CCC(=O)O)CCC(=O)O)cc(C(=O)OCCCN(CCCOCCCN(CCC(=O)O)CCC(=O)O)CCCOCCCN(CCC(=O)O)CCC(=O)O)c1)CCC(=O)O. The number of ether oxygens (including phenoxy) is 9. The minimum atomic E-state index is -1.01. The topological polar surface area (TPSA) is 611 Å². The predicted octanol–water partition coefficient (Wildman–Crippen LogP) is 4.52.